The first-order chi connectivity index (χ1) is 9.47. The number of hydrogen-bond acceptors (Lipinski definition) is 3. The van der Waals surface area contributed by atoms with Crippen molar-refractivity contribution in [2.24, 2.45) is 23.0 Å². The van der Waals surface area contributed by atoms with Crippen molar-refractivity contribution >= 4 is 23.1 Å². The molecule has 0 aromatic rings. The topological polar surface area (TPSA) is 55.6 Å². The summed E-state index contributed by atoms with van der Waals surface area (Å²) in [6.07, 6.45) is 3.44. The van der Waals surface area contributed by atoms with Gasteiger partial charge in [-0.3, -0.25) is 4.79 Å². The van der Waals surface area contributed by atoms with Crippen LogP contribution in [0, 0.1) is 17.3 Å². The molecule has 1 amide bonds. The average molecular weight is 298 g/mol. The number of ether oxygens (including phenoxy) is 1. The summed E-state index contributed by atoms with van der Waals surface area (Å²) in [7, 11) is 0. The third-order valence-corrected chi connectivity index (χ3v) is 5.39. The first-order valence-corrected chi connectivity index (χ1v) is 8.05. The summed E-state index contributed by atoms with van der Waals surface area (Å²) in [5, 5.41) is 0. The van der Waals surface area contributed by atoms with Gasteiger partial charge >= 0.3 is 0 Å². The number of hydrogen-bond donors (Lipinski definition) is 1. The molecule has 2 saturated heterocycles. The molecule has 2 aliphatic heterocycles. The van der Waals surface area contributed by atoms with Crippen molar-refractivity contribution in [3.05, 3.63) is 0 Å². The first-order valence-electron chi connectivity index (χ1n) is 7.64. The zero-order chi connectivity index (χ0) is 14.8. The second-order valence-corrected chi connectivity index (χ2v) is 6.87. The van der Waals surface area contributed by atoms with Crippen LogP contribution >= 0.6 is 12.2 Å². The van der Waals surface area contributed by atoms with Gasteiger partial charge < -0.3 is 15.4 Å². The first kappa shape index (κ1) is 15.7. The molecule has 0 radical (unpaired) electrons. The Morgan fingerprint density at radius 3 is 2.30 bits per heavy atom. The van der Waals surface area contributed by atoms with Gasteiger partial charge in [0, 0.05) is 26.3 Å². The predicted molar refractivity (Wildman–Crippen MR) is 83.4 cm³/mol. The fraction of sp³-hybridized carbons (Fsp3) is 0.867. The number of thiocarbonyl (C=S) groups is 1. The van der Waals surface area contributed by atoms with E-state index in [9.17, 15) is 4.79 Å². The number of piperidine rings is 1. The third kappa shape index (κ3) is 2.98. The molecular formula is C15H26N2O2S. The Hall–Kier alpha value is -0.680. The smallest absolute Gasteiger partial charge is 0.235 e. The van der Waals surface area contributed by atoms with E-state index in [-0.39, 0.29) is 5.91 Å². The number of nitrogens with two attached hydrogens (primary N) is 1. The maximum Gasteiger partial charge on any atom is 0.235 e. The van der Waals surface area contributed by atoms with Gasteiger partial charge in [0.25, 0.3) is 0 Å². The normalized spacial score (nSPS) is 23.9. The van der Waals surface area contributed by atoms with Crippen LogP contribution in [-0.4, -0.2) is 42.1 Å². The van der Waals surface area contributed by atoms with E-state index in [4.69, 9.17) is 22.7 Å². The Bertz CT molecular complexity index is 370. The zero-order valence-electron chi connectivity index (χ0n) is 12.6. The molecule has 2 aliphatic rings. The number of carbonyl (C=O) groups is 1. The van der Waals surface area contributed by atoms with Crippen molar-refractivity contribution in [1.29, 1.82) is 0 Å². The summed E-state index contributed by atoms with van der Waals surface area (Å²) >= 11 is 5.21. The Labute approximate surface area is 127 Å². The summed E-state index contributed by atoms with van der Waals surface area (Å²) in [5.41, 5.74) is 5.26. The van der Waals surface area contributed by atoms with Crippen molar-refractivity contribution in [2.45, 2.75) is 39.5 Å². The lowest BCUT2D eigenvalue weighted by Crippen LogP contribution is -2.54. The minimum absolute atomic E-state index is 0.135. The molecule has 0 saturated carbocycles. The Balaban J connectivity index is 2.04. The van der Waals surface area contributed by atoms with Crippen LogP contribution < -0.4 is 5.73 Å². The molecule has 0 aliphatic carbocycles. The zero-order valence-corrected chi connectivity index (χ0v) is 13.4. The highest BCUT2D eigenvalue weighted by Crippen LogP contribution is 2.35. The van der Waals surface area contributed by atoms with Gasteiger partial charge in [0.15, 0.2) is 0 Å². The van der Waals surface area contributed by atoms with Gasteiger partial charge in [-0.15, -0.1) is 0 Å². The predicted octanol–water partition coefficient (Wildman–Crippen LogP) is 1.96. The van der Waals surface area contributed by atoms with Crippen molar-refractivity contribution in [1.82, 2.24) is 4.90 Å². The fourth-order valence-corrected chi connectivity index (χ4v) is 3.65. The number of nitrogens with zero attached hydrogens (tertiary/aromatic N) is 1. The molecule has 2 heterocycles. The van der Waals surface area contributed by atoms with Gasteiger partial charge in [0.2, 0.25) is 5.91 Å². The Morgan fingerprint density at radius 1 is 1.30 bits per heavy atom. The number of rotatable bonds is 3. The van der Waals surface area contributed by atoms with Gasteiger partial charge in [0.1, 0.15) is 5.41 Å². The average Bonchev–Trinajstić information content (AvgIpc) is 2.47. The van der Waals surface area contributed by atoms with E-state index in [2.05, 4.69) is 13.8 Å². The number of carbonyl (C=O) groups excluding carboxylic acids is 1. The van der Waals surface area contributed by atoms with Crippen molar-refractivity contribution < 1.29 is 9.53 Å². The molecule has 5 heteroatoms. The largest absolute Gasteiger partial charge is 0.392 e. The minimum atomic E-state index is -0.655. The monoisotopic (exact) mass is 298 g/mol. The number of amides is 1. The van der Waals surface area contributed by atoms with Gasteiger partial charge in [-0.05, 0) is 37.5 Å². The van der Waals surface area contributed by atoms with Gasteiger partial charge in [-0.1, -0.05) is 26.1 Å². The van der Waals surface area contributed by atoms with E-state index in [1.54, 1.807) is 0 Å². The van der Waals surface area contributed by atoms with E-state index in [0.717, 1.165) is 31.8 Å². The highest BCUT2D eigenvalue weighted by Gasteiger charge is 2.45. The highest BCUT2D eigenvalue weighted by atomic mass is 32.1. The van der Waals surface area contributed by atoms with E-state index >= 15 is 0 Å². The van der Waals surface area contributed by atoms with E-state index < -0.39 is 5.41 Å². The van der Waals surface area contributed by atoms with Crippen LogP contribution in [0.5, 0.6) is 0 Å². The molecule has 114 valence electrons. The fourth-order valence-electron chi connectivity index (χ4n) is 3.36. The van der Waals surface area contributed by atoms with Crippen LogP contribution in [0.3, 0.4) is 0 Å². The number of likely N-dealkylation sites (tertiary alicyclic amines) is 1. The van der Waals surface area contributed by atoms with Crippen LogP contribution in [0.1, 0.15) is 39.5 Å². The molecule has 2 fully saturated rings. The van der Waals surface area contributed by atoms with Crippen molar-refractivity contribution in [3.8, 4) is 0 Å². The van der Waals surface area contributed by atoms with Crippen LogP contribution in [0.25, 0.3) is 0 Å². The van der Waals surface area contributed by atoms with Gasteiger partial charge in [-0.2, -0.15) is 0 Å². The molecule has 4 nitrogen and oxygen atoms in total. The molecule has 0 atom stereocenters. The highest BCUT2D eigenvalue weighted by molar-refractivity contribution is 7.80. The molecule has 2 N–H and O–H groups in total. The summed E-state index contributed by atoms with van der Waals surface area (Å²) in [6.45, 7) is 7.35. The molecule has 0 unspecified atom stereocenters. The molecule has 0 bridgehead atoms. The van der Waals surface area contributed by atoms with Gasteiger partial charge in [-0.25, -0.2) is 0 Å². The standard InChI is InChI=1S/C15H26N2O2S/c1-11(2)12-3-7-17(8-4-12)14(18)15(13(16)20)5-9-19-10-6-15/h11-12H,3-10H2,1-2H3,(H2,16,20). The lowest BCUT2D eigenvalue weighted by atomic mass is 9.77. The lowest BCUT2D eigenvalue weighted by Gasteiger charge is -2.42. The third-order valence-electron chi connectivity index (χ3n) is 5.00. The van der Waals surface area contributed by atoms with E-state index in [1.807, 2.05) is 4.90 Å². The van der Waals surface area contributed by atoms with Crippen molar-refractivity contribution in [3.63, 3.8) is 0 Å². The van der Waals surface area contributed by atoms with Crippen molar-refractivity contribution in [2.75, 3.05) is 26.3 Å². The summed E-state index contributed by atoms with van der Waals surface area (Å²) in [5.74, 6) is 1.56. The maximum absolute atomic E-state index is 12.9. The summed E-state index contributed by atoms with van der Waals surface area (Å²) < 4.78 is 5.38. The van der Waals surface area contributed by atoms with Gasteiger partial charge in [0.05, 0.1) is 4.99 Å². The molecule has 0 spiro atoms. The molecule has 0 aromatic carbocycles. The molecular weight excluding hydrogens is 272 g/mol. The quantitative estimate of drug-likeness (QED) is 0.809. The lowest BCUT2D eigenvalue weighted by molar-refractivity contribution is -0.144. The van der Waals surface area contributed by atoms with Crippen LogP contribution in [0.15, 0.2) is 0 Å². The molecule has 0 aromatic heterocycles. The maximum atomic E-state index is 12.9. The summed E-state index contributed by atoms with van der Waals surface area (Å²) in [4.78, 5) is 15.2. The second kappa shape index (κ2) is 6.39. The van der Waals surface area contributed by atoms with Crippen LogP contribution in [0.2, 0.25) is 0 Å². The SMILES string of the molecule is CC(C)C1CCN(C(=O)C2(C(N)=S)CCOCC2)CC1. The second-order valence-electron chi connectivity index (χ2n) is 6.43. The van der Waals surface area contributed by atoms with Crippen LogP contribution in [0.4, 0.5) is 0 Å². The summed E-state index contributed by atoms with van der Waals surface area (Å²) in [6, 6.07) is 0. The Kier molecular flexibility index (Phi) is 5.02. The molecule has 2 rings (SSSR count). The molecule has 20 heavy (non-hydrogen) atoms. The van der Waals surface area contributed by atoms with E-state index in [1.165, 1.54) is 0 Å². The van der Waals surface area contributed by atoms with E-state index in [0.29, 0.717) is 37.0 Å². The Morgan fingerprint density at radius 2 is 1.85 bits per heavy atom. The minimum Gasteiger partial charge on any atom is -0.392 e. The van der Waals surface area contributed by atoms with Crippen LogP contribution in [-0.2, 0) is 9.53 Å².